The van der Waals surface area contributed by atoms with Crippen LogP contribution in [-0.4, -0.2) is 19.2 Å². The molecule has 108 valence electrons. The summed E-state index contributed by atoms with van der Waals surface area (Å²) in [5.41, 5.74) is 1.59. The molecule has 20 heavy (non-hydrogen) atoms. The van der Waals surface area contributed by atoms with Gasteiger partial charge >= 0.3 is 5.97 Å². The van der Waals surface area contributed by atoms with Crippen molar-refractivity contribution in [3.63, 3.8) is 0 Å². The fraction of sp³-hybridized carbons (Fsp3) is 0.438. The molecule has 0 radical (unpaired) electrons. The number of benzene rings is 1. The molecule has 1 heterocycles. The van der Waals surface area contributed by atoms with Crippen LogP contribution in [0.1, 0.15) is 26.3 Å². The maximum Gasteiger partial charge on any atom is 0.310 e. The lowest BCUT2D eigenvalue weighted by Gasteiger charge is -2.10. The molecule has 0 spiro atoms. The topological polar surface area (TPSA) is 48.7 Å². The minimum absolute atomic E-state index is 0.231. The van der Waals surface area contributed by atoms with E-state index in [0.29, 0.717) is 24.9 Å². The molecule has 0 aliphatic rings. The molecular weight excluding hydrogens is 256 g/mol. The number of furan rings is 1. The quantitative estimate of drug-likeness (QED) is 0.757. The van der Waals surface area contributed by atoms with Crippen molar-refractivity contribution in [2.24, 2.45) is 5.92 Å². The van der Waals surface area contributed by atoms with Crippen LogP contribution in [0.4, 0.5) is 0 Å². The van der Waals surface area contributed by atoms with Crippen LogP contribution < -0.4 is 4.74 Å². The number of hydrogen-bond acceptors (Lipinski definition) is 4. The van der Waals surface area contributed by atoms with E-state index in [4.69, 9.17) is 13.9 Å². The van der Waals surface area contributed by atoms with Gasteiger partial charge in [-0.1, -0.05) is 13.8 Å². The summed E-state index contributed by atoms with van der Waals surface area (Å²) in [6.45, 7) is 6.97. The Balaban J connectivity index is 2.25. The molecule has 2 aromatic rings. The number of esters is 1. The van der Waals surface area contributed by atoms with E-state index in [1.807, 2.05) is 18.2 Å². The van der Waals surface area contributed by atoms with Gasteiger partial charge in [-0.05, 0) is 36.6 Å². The number of rotatable bonds is 6. The first kappa shape index (κ1) is 14.4. The lowest BCUT2D eigenvalue weighted by molar-refractivity contribution is -0.142. The van der Waals surface area contributed by atoms with Crippen LogP contribution in [-0.2, 0) is 16.0 Å². The lowest BCUT2D eigenvalue weighted by Crippen LogP contribution is -2.08. The fourth-order valence-electron chi connectivity index (χ4n) is 1.95. The Hall–Kier alpha value is -1.97. The highest BCUT2D eigenvalue weighted by Gasteiger charge is 2.12. The fourth-order valence-corrected chi connectivity index (χ4v) is 1.95. The van der Waals surface area contributed by atoms with Crippen molar-refractivity contribution in [2.45, 2.75) is 27.2 Å². The van der Waals surface area contributed by atoms with Crippen LogP contribution in [0.2, 0.25) is 0 Å². The van der Waals surface area contributed by atoms with Crippen LogP contribution >= 0.6 is 0 Å². The average molecular weight is 276 g/mol. The Bertz CT molecular complexity index is 583. The predicted molar refractivity (Wildman–Crippen MR) is 76.9 cm³/mol. The first-order valence-electron chi connectivity index (χ1n) is 6.88. The van der Waals surface area contributed by atoms with Gasteiger partial charge in [-0.15, -0.1) is 0 Å². The van der Waals surface area contributed by atoms with E-state index in [1.165, 1.54) is 0 Å². The Kier molecular flexibility index (Phi) is 4.66. The van der Waals surface area contributed by atoms with Gasteiger partial charge in [0.05, 0.1) is 25.9 Å². The second-order valence-electron chi connectivity index (χ2n) is 5.12. The zero-order valence-electron chi connectivity index (χ0n) is 12.1. The molecule has 4 heteroatoms. The monoisotopic (exact) mass is 276 g/mol. The average Bonchev–Trinajstić information content (AvgIpc) is 2.84. The molecule has 2 rings (SSSR count). The van der Waals surface area contributed by atoms with Crippen LogP contribution in [0, 0.1) is 5.92 Å². The summed E-state index contributed by atoms with van der Waals surface area (Å²) in [5, 5.41) is 0.936. The molecule has 4 nitrogen and oxygen atoms in total. The first-order valence-corrected chi connectivity index (χ1v) is 6.88. The zero-order chi connectivity index (χ0) is 14.5. The van der Waals surface area contributed by atoms with E-state index in [0.717, 1.165) is 16.5 Å². The maximum atomic E-state index is 11.6. The molecule has 0 fully saturated rings. The van der Waals surface area contributed by atoms with Crippen molar-refractivity contribution in [1.29, 1.82) is 0 Å². The molecule has 0 bridgehead atoms. The van der Waals surface area contributed by atoms with Gasteiger partial charge in [-0.3, -0.25) is 4.79 Å². The molecule has 0 unspecified atom stereocenters. The normalized spacial score (nSPS) is 11.0. The van der Waals surface area contributed by atoms with E-state index in [1.54, 1.807) is 13.2 Å². The maximum absolute atomic E-state index is 11.6. The molecular formula is C16H20O4. The summed E-state index contributed by atoms with van der Waals surface area (Å²) in [5.74, 6) is 0.874. The largest absolute Gasteiger partial charge is 0.489 e. The predicted octanol–water partition coefficient (Wildman–Crippen LogP) is 3.57. The lowest BCUT2D eigenvalue weighted by atomic mass is 10.1. The van der Waals surface area contributed by atoms with E-state index < -0.39 is 0 Å². The molecule has 0 saturated heterocycles. The summed E-state index contributed by atoms with van der Waals surface area (Å²) < 4.78 is 16.2. The third-order valence-electron chi connectivity index (χ3n) is 2.80. The van der Waals surface area contributed by atoms with E-state index >= 15 is 0 Å². The molecule has 1 aromatic carbocycles. The smallest absolute Gasteiger partial charge is 0.310 e. The van der Waals surface area contributed by atoms with Crippen LogP contribution in [0.15, 0.2) is 28.9 Å². The van der Waals surface area contributed by atoms with Gasteiger partial charge in [0.15, 0.2) is 11.3 Å². The van der Waals surface area contributed by atoms with Crippen molar-refractivity contribution in [1.82, 2.24) is 0 Å². The number of carbonyl (C=O) groups excluding carboxylic acids is 1. The Morgan fingerprint density at radius 3 is 2.85 bits per heavy atom. The highest BCUT2D eigenvalue weighted by Crippen LogP contribution is 2.29. The molecule has 0 amide bonds. The SMILES string of the molecule is CCOC(=O)Cc1cc(OCC(C)C)c2occc2c1. The summed E-state index contributed by atoms with van der Waals surface area (Å²) in [6.07, 6.45) is 1.87. The van der Waals surface area contributed by atoms with E-state index in [9.17, 15) is 4.79 Å². The van der Waals surface area contributed by atoms with Gasteiger partial charge < -0.3 is 13.9 Å². The van der Waals surface area contributed by atoms with Crippen molar-refractivity contribution < 1.29 is 18.7 Å². The van der Waals surface area contributed by atoms with E-state index in [-0.39, 0.29) is 12.4 Å². The molecule has 0 aliphatic heterocycles. The van der Waals surface area contributed by atoms with Gasteiger partial charge in [0.2, 0.25) is 0 Å². The van der Waals surface area contributed by atoms with Crippen molar-refractivity contribution in [3.8, 4) is 5.75 Å². The standard InChI is InChI=1S/C16H20O4/c1-4-18-15(17)9-12-7-13-5-6-19-16(13)14(8-12)20-10-11(2)3/h5-8,11H,4,9-10H2,1-3H3. The Labute approximate surface area is 118 Å². The van der Waals surface area contributed by atoms with Crippen molar-refractivity contribution >= 4 is 16.9 Å². The number of ether oxygens (including phenoxy) is 2. The van der Waals surface area contributed by atoms with Gasteiger partial charge in [0.1, 0.15) is 0 Å². The third kappa shape index (κ3) is 3.53. The summed E-state index contributed by atoms with van der Waals surface area (Å²) >= 11 is 0. The van der Waals surface area contributed by atoms with Crippen LogP contribution in [0.25, 0.3) is 11.0 Å². The number of hydrogen-bond donors (Lipinski definition) is 0. The summed E-state index contributed by atoms with van der Waals surface area (Å²) in [7, 11) is 0. The van der Waals surface area contributed by atoms with Gasteiger partial charge in [-0.25, -0.2) is 0 Å². The highest BCUT2D eigenvalue weighted by molar-refractivity contribution is 5.85. The van der Waals surface area contributed by atoms with Crippen LogP contribution in [0.3, 0.4) is 0 Å². The molecule has 0 N–H and O–H groups in total. The zero-order valence-corrected chi connectivity index (χ0v) is 12.1. The minimum atomic E-state index is -0.231. The number of carbonyl (C=O) groups is 1. The number of fused-ring (bicyclic) bond motifs is 1. The second kappa shape index (κ2) is 6.46. The van der Waals surface area contributed by atoms with Gasteiger partial charge in [-0.2, -0.15) is 0 Å². The van der Waals surface area contributed by atoms with Crippen LogP contribution in [0.5, 0.6) is 5.75 Å². The summed E-state index contributed by atoms with van der Waals surface area (Å²) in [6, 6.07) is 5.65. The Morgan fingerprint density at radius 2 is 2.15 bits per heavy atom. The molecule has 0 aliphatic carbocycles. The Morgan fingerprint density at radius 1 is 1.35 bits per heavy atom. The minimum Gasteiger partial charge on any atom is -0.489 e. The van der Waals surface area contributed by atoms with Crippen molar-refractivity contribution in [3.05, 3.63) is 30.0 Å². The van der Waals surface area contributed by atoms with Crippen molar-refractivity contribution in [2.75, 3.05) is 13.2 Å². The molecule has 1 aromatic heterocycles. The summed E-state index contributed by atoms with van der Waals surface area (Å²) in [4.78, 5) is 11.6. The van der Waals surface area contributed by atoms with Gasteiger partial charge in [0, 0.05) is 5.39 Å². The highest BCUT2D eigenvalue weighted by atomic mass is 16.5. The molecule has 0 atom stereocenters. The first-order chi connectivity index (χ1) is 9.60. The second-order valence-corrected chi connectivity index (χ2v) is 5.12. The third-order valence-corrected chi connectivity index (χ3v) is 2.80. The molecule has 0 saturated carbocycles. The van der Waals surface area contributed by atoms with Gasteiger partial charge in [0.25, 0.3) is 0 Å². The van der Waals surface area contributed by atoms with E-state index in [2.05, 4.69) is 13.8 Å².